The Bertz CT molecular complexity index is 1010. The van der Waals surface area contributed by atoms with Gasteiger partial charge in [0, 0.05) is 0 Å². The molecule has 0 spiro atoms. The minimum absolute atomic E-state index is 0.0525. The van der Waals surface area contributed by atoms with Crippen molar-refractivity contribution < 1.29 is 26.7 Å². The summed E-state index contributed by atoms with van der Waals surface area (Å²) < 4.78 is 69.8. The standard InChI is InChI=1S/C28H31F5O/c1-2-3-4-5-18-6-8-19(9-7-18)20-10-12-21(13-11-20)22-14-15-24-23(16-22)17-25(29)27(26(24)30)34-28(31,32)33/h10-14,17-19H,2-9,15-16H2,1H3. The smallest absolute Gasteiger partial charge is 0.399 e. The van der Waals surface area contributed by atoms with Crippen LogP contribution < -0.4 is 4.74 Å². The highest BCUT2D eigenvalue weighted by molar-refractivity contribution is 5.71. The van der Waals surface area contributed by atoms with E-state index < -0.39 is 23.7 Å². The van der Waals surface area contributed by atoms with Crippen molar-refractivity contribution in [2.45, 2.75) is 83.4 Å². The average Bonchev–Trinajstić information content (AvgIpc) is 2.82. The maximum Gasteiger partial charge on any atom is 0.573 e. The van der Waals surface area contributed by atoms with E-state index in [4.69, 9.17) is 0 Å². The van der Waals surface area contributed by atoms with Gasteiger partial charge in [-0.05, 0) is 84.3 Å². The molecule has 4 rings (SSSR count). The zero-order valence-electron chi connectivity index (χ0n) is 19.5. The summed E-state index contributed by atoms with van der Waals surface area (Å²) >= 11 is 0. The Balaban J connectivity index is 1.41. The van der Waals surface area contributed by atoms with Crippen LogP contribution in [-0.2, 0) is 12.8 Å². The van der Waals surface area contributed by atoms with Gasteiger partial charge in [0.25, 0.3) is 0 Å². The molecule has 2 aromatic rings. The minimum atomic E-state index is -5.15. The van der Waals surface area contributed by atoms with Crippen molar-refractivity contribution in [2.24, 2.45) is 5.92 Å². The SMILES string of the molecule is CCCCCC1CCC(c2ccc(C3=CCc4c(cc(F)c(OC(F)(F)F)c4F)C3)cc2)CC1. The van der Waals surface area contributed by atoms with Crippen LogP contribution in [0, 0.1) is 17.6 Å². The maximum atomic E-state index is 14.6. The largest absolute Gasteiger partial charge is 0.573 e. The molecule has 34 heavy (non-hydrogen) atoms. The number of halogens is 5. The third kappa shape index (κ3) is 5.81. The molecule has 2 aliphatic rings. The van der Waals surface area contributed by atoms with Crippen molar-refractivity contribution >= 4 is 5.57 Å². The van der Waals surface area contributed by atoms with Crippen LogP contribution in [0.1, 0.15) is 86.5 Å². The Hall–Kier alpha value is -2.37. The third-order valence-electron chi connectivity index (χ3n) is 7.34. The fourth-order valence-electron chi connectivity index (χ4n) is 5.44. The predicted octanol–water partition coefficient (Wildman–Crippen LogP) is 8.90. The Labute approximate surface area is 198 Å². The highest BCUT2D eigenvalue weighted by atomic mass is 19.4. The molecule has 2 aliphatic carbocycles. The van der Waals surface area contributed by atoms with Gasteiger partial charge in [0.15, 0.2) is 11.6 Å². The van der Waals surface area contributed by atoms with Crippen molar-refractivity contribution in [3.05, 3.63) is 70.3 Å². The molecule has 0 bridgehead atoms. The van der Waals surface area contributed by atoms with Crippen LogP contribution in [0.25, 0.3) is 5.57 Å². The Kier molecular flexibility index (Phi) is 7.63. The molecule has 2 aromatic carbocycles. The summed E-state index contributed by atoms with van der Waals surface area (Å²) in [6, 6.07) is 9.35. The molecule has 0 heterocycles. The van der Waals surface area contributed by atoms with E-state index in [0.717, 1.165) is 23.1 Å². The molecule has 0 saturated heterocycles. The minimum Gasteiger partial charge on any atom is -0.399 e. The lowest BCUT2D eigenvalue weighted by Gasteiger charge is -2.29. The molecular weight excluding hydrogens is 447 g/mol. The lowest BCUT2D eigenvalue weighted by Crippen LogP contribution is -2.20. The monoisotopic (exact) mass is 478 g/mol. The summed E-state index contributed by atoms with van der Waals surface area (Å²) in [6.45, 7) is 2.24. The van der Waals surface area contributed by atoms with E-state index in [9.17, 15) is 22.0 Å². The van der Waals surface area contributed by atoms with E-state index in [1.54, 1.807) is 6.08 Å². The molecule has 184 valence electrons. The Morgan fingerprint density at radius 1 is 0.971 bits per heavy atom. The second-order valence-electron chi connectivity index (χ2n) is 9.63. The zero-order chi connectivity index (χ0) is 24.3. The molecule has 0 atom stereocenters. The van der Waals surface area contributed by atoms with Gasteiger partial charge in [-0.25, -0.2) is 8.78 Å². The van der Waals surface area contributed by atoms with Gasteiger partial charge in [-0.3, -0.25) is 0 Å². The van der Waals surface area contributed by atoms with E-state index in [1.165, 1.54) is 56.9 Å². The van der Waals surface area contributed by atoms with Crippen molar-refractivity contribution in [1.82, 2.24) is 0 Å². The van der Waals surface area contributed by atoms with Gasteiger partial charge in [0.2, 0.25) is 5.75 Å². The number of allylic oxidation sites excluding steroid dienone is 2. The van der Waals surface area contributed by atoms with Crippen molar-refractivity contribution in [3.63, 3.8) is 0 Å². The summed E-state index contributed by atoms with van der Waals surface area (Å²) in [7, 11) is 0. The van der Waals surface area contributed by atoms with Gasteiger partial charge < -0.3 is 4.74 Å². The summed E-state index contributed by atoms with van der Waals surface area (Å²) in [5.74, 6) is -2.56. The quantitative estimate of drug-likeness (QED) is 0.285. The molecule has 1 nitrogen and oxygen atoms in total. The van der Waals surface area contributed by atoms with E-state index in [1.807, 2.05) is 12.1 Å². The van der Waals surface area contributed by atoms with Crippen LogP contribution in [0.3, 0.4) is 0 Å². The second-order valence-corrected chi connectivity index (χ2v) is 9.63. The van der Waals surface area contributed by atoms with Gasteiger partial charge in [-0.2, -0.15) is 0 Å². The first-order chi connectivity index (χ1) is 16.2. The van der Waals surface area contributed by atoms with Crippen LogP contribution in [0.4, 0.5) is 22.0 Å². The normalized spacial score (nSPS) is 20.6. The topological polar surface area (TPSA) is 9.23 Å². The molecule has 0 radical (unpaired) electrons. The summed E-state index contributed by atoms with van der Waals surface area (Å²) in [6.07, 6.45) is 7.28. The molecular formula is C28H31F5O. The van der Waals surface area contributed by atoms with Gasteiger partial charge in [0.1, 0.15) is 0 Å². The number of alkyl halides is 3. The van der Waals surface area contributed by atoms with Crippen LogP contribution >= 0.6 is 0 Å². The molecule has 0 amide bonds. The van der Waals surface area contributed by atoms with Crippen LogP contribution in [-0.4, -0.2) is 6.36 Å². The highest BCUT2D eigenvalue weighted by Gasteiger charge is 2.35. The number of hydrogen-bond acceptors (Lipinski definition) is 1. The van der Waals surface area contributed by atoms with E-state index in [2.05, 4.69) is 23.8 Å². The van der Waals surface area contributed by atoms with E-state index >= 15 is 0 Å². The number of hydrogen-bond donors (Lipinski definition) is 0. The first kappa shape index (κ1) is 24.7. The van der Waals surface area contributed by atoms with Crippen molar-refractivity contribution in [2.75, 3.05) is 0 Å². The fourth-order valence-corrected chi connectivity index (χ4v) is 5.44. The van der Waals surface area contributed by atoms with Gasteiger partial charge in [-0.1, -0.05) is 62.9 Å². The van der Waals surface area contributed by atoms with Crippen LogP contribution in [0.2, 0.25) is 0 Å². The Morgan fingerprint density at radius 2 is 1.68 bits per heavy atom. The van der Waals surface area contributed by atoms with Crippen molar-refractivity contribution in [3.8, 4) is 5.75 Å². The fraction of sp³-hybridized carbons (Fsp3) is 0.500. The lowest BCUT2D eigenvalue weighted by molar-refractivity contribution is -0.276. The second kappa shape index (κ2) is 10.5. The molecule has 0 N–H and O–H groups in total. The predicted molar refractivity (Wildman–Crippen MR) is 124 cm³/mol. The van der Waals surface area contributed by atoms with Crippen molar-refractivity contribution in [1.29, 1.82) is 0 Å². The number of benzene rings is 2. The summed E-state index contributed by atoms with van der Waals surface area (Å²) in [5, 5.41) is 0. The number of fused-ring (bicyclic) bond motifs is 1. The molecule has 1 saturated carbocycles. The molecule has 0 unspecified atom stereocenters. The summed E-state index contributed by atoms with van der Waals surface area (Å²) in [5.41, 5.74) is 3.63. The molecule has 1 fully saturated rings. The average molecular weight is 479 g/mol. The van der Waals surface area contributed by atoms with Crippen LogP contribution in [0.15, 0.2) is 36.4 Å². The van der Waals surface area contributed by atoms with Crippen LogP contribution in [0.5, 0.6) is 5.75 Å². The van der Waals surface area contributed by atoms with E-state index in [0.29, 0.717) is 11.5 Å². The molecule has 0 aliphatic heterocycles. The van der Waals surface area contributed by atoms with Gasteiger partial charge >= 0.3 is 6.36 Å². The molecule has 6 heteroatoms. The number of ether oxygens (including phenoxy) is 1. The lowest BCUT2D eigenvalue weighted by atomic mass is 9.76. The first-order valence-corrected chi connectivity index (χ1v) is 12.3. The zero-order valence-corrected chi connectivity index (χ0v) is 19.5. The number of rotatable bonds is 7. The van der Waals surface area contributed by atoms with Gasteiger partial charge in [0.05, 0.1) is 0 Å². The number of unbranched alkanes of at least 4 members (excludes halogenated alkanes) is 2. The molecule has 0 aromatic heterocycles. The van der Waals surface area contributed by atoms with Gasteiger partial charge in [-0.15, -0.1) is 13.2 Å². The first-order valence-electron chi connectivity index (χ1n) is 12.3. The highest BCUT2D eigenvalue weighted by Crippen LogP contribution is 2.39. The van der Waals surface area contributed by atoms with E-state index in [-0.39, 0.29) is 18.4 Å². The maximum absolute atomic E-state index is 14.6. The Morgan fingerprint density at radius 3 is 2.32 bits per heavy atom. The summed E-state index contributed by atoms with van der Waals surface area (Å²) in [4.78, 5) is 0. The third-order valence-corrected chi connectivity index (χ3v) is 7.34.